The van der Waals surface area contributed by atoms with Gasteiger partial charge in [-0.1, -0.05) is 18.2 Å². The summed E-state index contributed by atoms with van der Waals surface area (Å²) >= 11 is 0. The Balaban J connectivity index is 1.54. The van der Waals surface area contributed by atoms with Gasteiger partial charge in [-0.2, -0.15) is 0 Å². The number of nitrogens with zero attached hydrogens (tertiary/aromatic N) is 2. The Bertz CT molecular complexity index is 836. The zero-order valence-corrected chi connectivity index (χ0v) is 16.0. The largest absolute Gasteiger partial charge is 0.497 e. The highest BCUT2D eigenvalue weighted by atomic mass is 16.5. The second kappa shape index (κ2) is 7.51. The summed E-state index contributed by atoms with van der Waals surface area (Å²) in [7, 11) is 3.33. The molecule has 27 heavy (non-hydrogen) atoms. The van der Waals surface area contributed by atoms with Crippen molar-refractivity contribution in [2.45, 2.75) is 25.3 Å². The van der Waals surface area contributed by atoms with Crippen molar-refractivity contribution in [3.05, 3.63) is 53.6 Å². The normalized spacial score (nSPS) is 18.5. The number of hydrogen-bond donors (Lipinski definition) is 0. The lowest BCUT2D eigenvalue weighted by Gasteiger charge is -2.29. The molecular weight excluding hydrogens is 340 g/mol. The fourth-order valence-electron chi connectivity index (χ4n) is 4.31. The third-order valence-electron chi connectivity index (χ3n) is 5.68. The van der Waals surface area contributed by atoms with Crippen molar-refractivity contribution < 1.29 is 14.3 Å². The quantitative estimate of drug-likeness (QED) is 0.813. The van der Waals surface area contributed by atoms with Crippen molar-refractivity contribution >= 4 is 11.6 Å². The zero-order valence-electron chi connectivity index (χ0n) is 16.0. The summed E-state index contributed by atoms with van der Waals surface area (Å²) in [4.78, 5) is 17.4. The van der Waals surface area contributed by atoms with E-state index < -0.39 is 0 Å². The fourth-order valence-corrected chi connectivity index (χ4v) is 4.31. The molecule has 0 radical (unpaired) electrons. The molecule has 1 saturated heterocycles. The van der Waals surface area contributed by atoms with Crippen molar-refractivity contribution in [3.8, 4) is 11.5 Å². The number of rotatable bonds is 5. The van der Waals surface area contributed by atoms with Crippen molar-refractivity contribution in [3.63, 3.8) is 0 Å². The number of ether oxygens (including phenoxy) is 2. The predicted molar refractivity (Wildman–Crippen MR) is 106 cm³/mol. The summed E-state index contributed by atoms with van der Waals surface area (Å²) in [5.74, 6) is 1.78. The van der Waals surface area contributed by atoms with Crippen LogP contribution >= 0.6 is 0 Å². The van der Waals surface area contributed by atoms with E-state index in [0.29, 0.717) is 6.54 Å². The van der Waals surface area contributed by atoms with Crippen LogP contribution in [0.1, 0.15) is 30.0 Å². The number of hydrogen-bond acceptors (Lipinski definition) is 4. The molecule has 2 aliphatic heterocycles. The van der Waals surface area contributed by atoms with Crippen LogP contribution in [0.25, 0.3) is 0 Å². The first kappa shape index (κ1) is 17.7. The van der Waals surface area contributed by atoms with Crippen molar-refractivity contribution in [2.24, 2.45) is 0 Å². The lowest BCUT2D eigenvalue weighted by Crippen LogP contribution is -2.39. The van der Waals surface area contributed by atoms with E-state index >= 15 is 0 Å². The van der Waals surface area contributed by atoms with E-state index in [4.69, 9.17) is 9.47 Å². The molecule has 0 spiro atoms. The molecule has 1 atom stereocenters. The molecule has 0 aliphatic carbocycles. The Morgan fingerprint density at radius 2 is 1.96 bits per heavy atom. The van der Waals surface area contributed by atoms with Gasteiger partial charge < -0.3 is 19.3 Å². The second-order valence-corrected chi connectivity index (χ2v) is 7.15. The van der Waals surface area contributed by atoms with Crippen LogP contribution in [-0.4, -0.2) is 44.7 Å². The number of fused-ring (bicyclic) bond motifs is 1. The first-order chi connectivity index (χ1) is 13.2. The summed E-state index contributed by atoms with van der Waals surface area (Å²) in [5.41, 5.74) is 3.56. The molecule has 1 unspecified atom stereocenters. The van der Waals surface area contributed by atoms with Crippen LogP contribution in [0.3, 0.4) is 0 Å². The number of methoxy groups -OCH3 is 2. The number of benzene rings is 2. The molecule has 2 aliphatic rings. The van der Waals surface area contributed by atoms with Crippen LogP contribution in [0, 0.1) is 0 Å². The van der Waals surface area contributed by atoms with E-state index in [1.807, 2.05) is 29.2 Å². The third kappa shape index (κ3) is 3.34. The smallest absolute Gasteiger partial charge is 0.242 e. The van der Waals surface area contributed by atoms with Crippen LogP contribution in [0.2, 0.25) is 0 Å². The molecule has 0 N–H and O–H groups in total. The van der Waals surface area contributed by atoms with E-state index in [1.54, 1.807) is 14.2 Å². The van der Waals surface area contributed by atoms with Crippen LogP contribution in [-0.2, 0) is 11.2 Å². The minimum atomic E-state index is 0.0420. The Hall–Kier alpha value is -2.69. The highest BCUT2D eigenvalue weighted by molar-refractivity contribution is 5.83. The maximum Gasteiger partial charge on any atom is 0.242 e. The third-order valence-corrected chi connectivity index (χ3v) is 5.68. The van der Waals surface area contributed by atoms with Gasteiger partial charge in [0, 0.05) is 24.3 Å². The minimum Gasteiger partial charge on any atom is -0.497 e. The van der Waals surface area contributed by atoms with Gasteiger partial charge in [0.05, 0.1) is 26.8 Å². The number of likely N-dealkylation sites (tertiary alicyclic amines) is 1. The van der Waals surface area contributed by atoms with Gasteiger partial charge >= 0.3 is 0 Å². The Labute approximate surface area is 160 Å². The van der Waals surface area contributed by atoms with Gasteiger partial charge in [-0.3, -0.25) is 4.79 Å². The van der Waals surface area contributed by atoms with E-state index in [-0.39, 0.29) is 11.9 Å². The zero-order chi connectivity index (χ0) is 18.8. The van der Waals surface area contributed by atoms with Gasteiger partial charge in [-0.25, -0.2) is 0 Å². The molecule has 1 fully saturated rings. The lowest BCUT2D eigenvalue weighted by molar-refractivity contribution is -0.130. The van der Waals surface area contributed by atoms with E-state index in [9.17, 15) is 4.79 Å². The highest BCUT2D eigenvalue weighted by Crippen LogP contribution is 2.39. The first-order valence-corrected chi connectivity index (χ1v) is 9.55. The van der Waals surface area contributed by atoms with Crippen molar-refractivity contribution in [1.29, 1.82) is 0 Å². The number of amides is 1. The molecule has 5 nitrogen and oxygen atoms in total. The SMILES string of the molecule is COc1ccc(OC)c(C2CCCN2C(=O)CN2CCc3ccccc32)c1. The van der Waals surface area contributed by atoms with Gasteiger partial charge in [0.1, 0.15) is 11.5 Å². The van der Waals surface area contributed by atoms with Crippen LogP contribution in [0.4, 0.5) is 5.69 Å². The van der Waals surface area contributed by atoms with Gasteiger partial charge in [0.15, 0.2) is 0 Å². The first-order valence-electron chi connectivity index (χ1n) is 9.55. The molecule has 0 aromatic heterocycles. The molecule has 0 bridgehead atoms. The molecule has 2 aromatic carbocycles. The average molecular weight is 366 g/mol. The molecule has 0 saturated carbocycles. The number of anilines is 1. The molecular formula is C22H26N2O3. The van der Waals surface area contributed by atoms with Gasteiger partial charge in [0.2, 0.25) is 5.91 Å². The Morgan fingerprint density at radius 3 is 2.78 bits per heavy atom. The van der Waals surface area contributed by atoms with Crippen molar-refractivity contribution in [2.75, 3.05) is 38.8 Å². The number of carbonyl (C=O) groups is 1. The molecule has 2 heterocycles. The van der Waals surface area contributed by atoms with Crippen LogP contribution in [0.15, 0.2) is 42.5 Å². The molecule has 142 valence electrons. The monoisotopic (exact) mass is 366 g/mol. The summed E-state index contributed by atoms with van der Waals surface area (Å²) in [6, 6.07) is 14.2. The van der Waals surface area contributed by atoms with Gasteiger partial charge in [0.25, 0.3) is 0 Å². The van der Waals surface area contributed by atoms with E-state index in [2.05, 4.69) is 23.1 Å². The average Bonchev–Trinajstić information content (AvgIpc) is 3.35. The Morgan fingerprint density at radius 1 is 1.11 bits per heavy atom. The number of carbonyl (C=O) groups excluding carboxylic acids is 1. The summed E-state index contributed by atoms with van der Waals surface area (Å²) < 4.78 is 11.0. The van der Waals surface area contributed by atoms with E-state index in [1.165, 1.54) is 11.3 Å². The standard InChI is InChI=1S/C22H26N2O3/c1-26-17-9-10-21(27-2)18(14-17)20-8-5-12-24(20)22(25)15-23-13-11-16-6-3-4-7-19(16)23/h3-4,6-7,9-10,14,20H,5,8,11-13,15H2,1-2H3. The summed E-state index contributed by atoms with van der Waals surface area (Å²) in [5, 5.41) is 0. The Kier molecular flexibility index (Phi) is 4.92. The number of para-hydroxylation sites is 1. The molecule has 2 aromatic rings. The van der Waals surface area contributed by atoms with Crippen LogP contribution < -0.4 is 14.4 Å². The topological polar surface area (TPSA) is 42.0 Å². The highest BCUT2D eigenvalue weighted by Gasteiger charge is 2.33. The maximum atomic E-state index is 13.2. The maximum absolute atomic E-state index is 13.2. The minimum absolute atomic E-state index is 0.0420. The second-order valence-electron chi connectivity index (χ2n) is 7.15. The predicted octanol–water partition coefficient (Wildman–Crippen LogP) is 3.43. The summed E-state index contributed by atoms with van der Waals surface area (Å²) in [6.07, 6.45) is 2.97. The van der Waals surface area contributed by atoms with E-state index in [0.717, 1.165) is 49.4 Å². The van der Waals surface area contributed by atoms with Gasteiger partial charge in [-0.05, 0) is 49.1 Å². The molecule has 1 amide bonds. The molecule has 4 rings (SSSR count). The molecule has 5 heteroatoms. The fraction of sp³-hybridized carbons (Fsp3) is 0.409. The summed E-state index contributed by atoms with van der Waals surface area (Å²) in [6.45, 7) is 2.13. The van der Waals surface area contributed by atoms with Gasteiger partial charge in [-0.15, -0.1) is 0 Å². The van der Waals surface area contributed by atoms with Crippen LogP contribution in [0.5, 0.6) is 11.5 Å². The van der Waals surface area contributed by atoms with Crippen molar-refractivity contribution in [1.82, 2.24) is 4.90 Å². The lowest BCUT2D eigenvalue weighted by atomic mass is 10.0.